The van der Waals surface area contributed by atoms with E-state index in [4.69, 9.17) is 11.5 Å². The number of benzene rings is 3. The molecule has 2 nitrogen and oxygen atoms in total. The molecule has 0 saturated heterocycles. The Morgan fingerprint density at radius 1 is 0.600 bits per heavy atom. The highest BCUT2D eigenvalue weighted by molar-refractivity contribution is 5.51. The van der Waals surface area contributed by atoms with Crippen molar-refractivity contribution >= 4 is 0 Å². The van der Waals surface area contributed by atoms with Crippen LogP contribution in [0, 0.1) is 6.92 Å². The first-order chi connectivity index (χ1) is 16.8. The molecule has 0 amide bonds. The Morgan fingerprint density at radius 3 is 1.23 bits per heavy atom. The third-order valence-electron chi connectivity index (χ3n) is 7.73. The van der Waals surface area contributed by atoms with Crippen LogP contribution >= 0.6 is 0 Å². The molecule has 0 aliphatic carbocycles. The quantitative estimate of drug-likeness (QED) is 0.322. The summed E-state index contributed by atoms with van der Waals surface area (Å²) in [6.45, 7) is 16.3. The molecule has 2 heteroatoms. The molecule has 3 unspecified atom stereocenters. The Hall–Kier alpha value is -2.42. The number of hydrogen-bond acceptors (Lipinski definition) is 2. The maximum atomic E-state index is 6.78. The van der Waals surface area contributed by atoms with Gasteiger partial charge in [0.05, 0.1) is 0 Å². The van der Waals surface area contributed by atoms with Crippen LogP contribution in [0.3, 0.4) is 0 Å². The average Bonchev–Trinajstić information content (AvgIpc) is 2.90. The standard InChI is InChI=1S/C33H46N2/c1-8-24-14-25(9-2)17-28(16-24)22(6)30-12-21(5)13-31(33(30)32(35)20-34)23(7)29-18-26(10-3)15-27(11-4)19-29/h12-19,22-23,32H,8-11,20,34-35H2,1-7H3. The van der Waals surface area contributed by atoms with Crippen molar-refractivity contribution in [1.29, 1.82) is 0 Å². The van der Waals surface area contributed by atoms with Gasteiger partial charge in [0, 0.05) is 24.4 Å². The van der Waals surface area contributed by atoms with E-state index < -0.39 is 0 Å². The summed E-state index contributed by atoms with van der Waals surface area (Å²) in [5, 5.41) is 0. The first kappa shape index (κ1) is 27.2. The van der Waals surface area contributed by atoms with Gasteiger partial charge in [0.1, 0.15) is 0 Å². The van der Waals surface area contributed by atoms with E-state index in [9.17, 15) is 0 Å². The maximum absolute atomic E-state index is 6.78. The van der Waals surface area contributed by atoms with Gasteiger partial charge < -0.3 is 11.5 Å². The normalized spacial score (nSPS) is 14.1. The number of nitrogens with two attached hydrogens (primary N) is 2. The van der Waals surface area contributed by atoms with E-state index in [1.54, 1.807) is 0 Å². The fourth-order valence-corrected chi connectivity index (χ4v) is 5.38. The highest BCUT2D eigenvalue weighted by Crippen LogP contribution is 2.38. The lowest BCUT2D eigenvalue weighted by atomic mass is 9.78. The molecule has 3 aromatic rings. The van der Waals surface area contributed by atoms with Crippen LogP contribution in [0.2, 0.25) is 0 Å². The summed E-state index contributed by atoms with van der Waals surface area (Å²) >= 11 is 0. The minimum absolute atomic E-state index is 0.189. The lowest BCUT2D eigenvalue weighted by Gasteiger charge is -2.28. The van der Waals surface area contributed by atoms with E-state index in [1.807, 2.05) is 0 Å². The van der Waals surface area contributed by atoms with E-state index in [1.165, 1.54) is 55.6 Å². The van der Waals surface area contributed by atoms with Gasteiger partial charge in [-0.1, -0.05) is 95.6 Å². The molecule has 0 aromatic heterocycles. The van der Waals surface area contributed by atoms with Crippen LogP contribution in [-0.2, 0) is 25.7 Å². The highest BCUT2D eigenvalue weighted by Gasteiger charge is 2.24. The van der Waals surface area contributed by atoms with Crippen molar-refractivity contribution in [2.24, 2.45) is 11.5 Å². The fourth-order valence-electron chi connectivity index (χ4n) is 5.38. The molecule has 3 rings (SSSR count). The highest BCUT2D eigenvalue weighted by atomic mass is 14.7. The zero-order valence-electron chi connectivity index (χ0n) is 23.0. The molecule has 0 aliphatic rings. The largest absolute Gasteiger partial charge is 0.329 e. The van der Waals surface area contributed by atoms with Crippen LogP contribution in [-0.4, -0.2) is 6.54 Å². The molecule has 0 spiro atoms. The maximum Gasteiger partial charge on any atom is 0.0425 e. The molecule has 0 fully saturated rings. The molecule has 4 N–H and O–H groups in total. The number of hydrogen-bond donors (Lipinski definition) is 2. The second-order valence-electron chi connectivity index (χ2n) is 10.2. The van der Waals surface area contributed by atoms with Crippen LogP contribution < -0.4 is 11.5 Å². The van der Waals surface area contributed by atoms with Crippen LogP contribution in [0.1, 0.15) is 115 Å². The minimum atomic E-state index is -0.189. The van der Waals surface area contributed by atoms with Crippen LogP contribution in [0.4, 0.5) is 0 Å². The molecule has 0 radical (unpaired) electrons. The van der Waals surface area contributed by atoms with Crippen LogP contribution in [0.5, 0.6) is 0 Å². The van der Waals surface area contributed by atoms with Crippen molar-refractivity contribution in [3.05, 3.63) is 104 Å². The molecule has 0 saturated carbocycles. The van der Waals surface area contributed by atoms with Crippen molar-refractivity contribution in [3.8, 4) is 0 Å². The lowest BCUT2D eigenvalue weighted by Crippen LogP contribution is -2.25. The summed E-state index contributed by atoms with van der Waals surface area (Å²) in [6.07, 6.45) is 4.19. The third-order valence-corrected chi connectivity index (χ3v) is 7.73. The van der Waals surface area contributed by atoms with E-state index in [0.717, 1.165) is 25.7 Å². The molecule has 188 valence electrons. The average molecular weight is 471 g/mol. The molecule has 3 aromatic carbocycles. The lowest BCUT2D eigenvalue weighted by molar-refractivity contribution is 0.696. The van der Waals surface area contributed by atoms with Crippen molar-refractivity contribution in [3.63, 3.8) is 0 Å². The number of aryl methyl sites for hydroxylation is 5. The van der Waals surface area contributed by atoms with Gasteiger partial charge in [-0.3, -0.25) is 0 Å². The topological polar surface area (TPSA) is 52.0 Å². The van der Waals surface area contributed by atoms with Crippen LogP contribution in [0.25, 0.3) is 0 Å². The van der Waals surface area contributed by atoms with Gasteiger partial charge in [-0.15, -0.1) is 0 Å². The van der Waals surface area contributed by atoms with Gasteiger partial charge in [0.25, 0.3) is 0 Å². The van der Waals surface area contributed by atoms with Crippen molar-refractivity contribution < 1.29 is 0 Å². The zero-order chi connectivity index (χ0) is 25.7. The second kappa shape index (κ2) is 12.0. The SMILES string of the molecule is CCc1cc(CC)cc(C(C)c2cc(C)cc(C(C)c3cc(CC)cc(CC)c3)c2C(N)CN)c1. The Kier molecular flexibility index (Phi) is 9.33. The van der Waals surface area contributed by atoms with Gasteiger partial charge in [-0.25, -0.2) is 0 Å². The van der Waals surface area contributed by atoms with Gasteiger partial charge in [0.2, 0.25) is 0 Å². The van der Waals surface area contributed by atoms with E-state index in [-0.39, 0.29) is 17.9 Å². The molecule has 0 aliphatic heterocycles. The summed E-state index contributed by atoms with van der Waals surface area (Å²) in [4.78, 5) is 0. The smallest absolute Gasteiger partial charge is 0.0425 e. The molecular weight excluding hydrogens is 424 g/mol. The van der Waals surface area contributed by atoms with Crippen molar-refractivity contribution in [2.75, 3.05) is 6.54 Å². The van der Waals surface area contributed by atoms with E-state index in [0.29, 0.717) is 6.54 Å². The van der Waals surface area contributed by atoms with Gasteiger partial charge in [-0.05, 0) is 82.7 Å². The Bertz CT molecular complexity index is 1020. The van der Waals surface area contributed by atoms with Crippen LogP contribution in [0.15, 0.2) is 48.5 Å². The summed E-state index contributed by atoms with van der Waals surface area (Å²) in [5.41, 5.74) is 26.5. The minimum Gasteiger partial charge on any atom is -0.329 e. The Balaban J connectivity index is 2.21. The Morgan fingerprint density at radius 2 is 0.943 bits per heavy atom. The van der Waals surface area contributed by atoms with Gasteiger partial charge in [-0.2, -0.15) is 0 Å². The number of rotatable bonds is 10. The predicted molar refractivity (Wildman–Crippen MR) is 153 cm³/mol. The zero-order valence-corrected chi connectivity index (χ0v) is 23.0. The second-order valence-corrected chi connectivity index (χ2v) is 10.2. The summed E-state index contributed by atoms with van der Waals surface area (Å²) in [6, 6.07) is 18.7. The molecule has 0 bridgehead atoms. The third kappa shape index (κ3) is 6.05. The fraction of sp³-hybridized carbons (Fsp3) is 0.455. The van der Waals surface area contributed by atoms with E-state index >= 15 is 0 Å². The van der Waals surface area contributed by atoms with Crippen molar-refractivity contribution in [1.82, 2.24) is 0 Å². The predicted octanol–water partition coefficient (Wildman–Crippen LogP) is 7.51. The molecular formula is C33H46N2. The molecule has 35 heavy (non-hydrogen) atoms. The van der Waals surface area contributed by atoms with Crippen molar-refractivity contribution in [2.45, 2.75) is 92.0 Å². The molecule has 0 heterocycles. The summed E-state index contributed by atoms with van der Waals surface area (Å²) in [7, 11) is 0. The first-order valence-electron chi connectivity index (χ1n) is 13.6. The Labute approximate surface area is 214 Å². The van der Waals surface area contributed by atoms with E-state index in [2.05, 4.69) is 97.0 Å². The van der Waals surface area contributed by atoms with Gasteiger partial charge >= 0.3 is 0 Å². The monoisotopic (exact) mass is 470 g/mol. The van der Waals surface area contributed by atoms with Gasteiger partial charge in [0.15, 0.2) is 0 Å². The summed E-state index contributed by atoms with van der Waals surface area (Å²) < 4.78 is 0. The summed E-state index contributed by atoms with van der Waals surface area (Å²) in [5.74, 6) is 0.497. The molecule has 3 atom stereocenters. The first-order valence-corrected chi connectivity index (χ1v) is 13.6.